The molecule has 6 aromatic rings. The maximum Gasteiger partial charge on any atom is 0.251 e. The quantitative estimate of drug-likeness (QED) is 0.245. The van der Waals surface area contributed by atoms with E-state index in [1.807, 2.05) is 42.6 Å². The molecule has 0 spiro atoms. The lowest BCUT2D eigenvalue weighted by atomic mass is 10.0. The van der Waals surface area contributed by atoms with Gasteiger partial charge in [-0.15, -0.1) is 0 Å². The standard InChI is InChI=1S/C31H30N6O2/c1-3-4-15-37-29-18-22(39-2)10-12-26(29)35-30(37)28(17-21-19-34-24-8-6-5-7-23(21)24)36-31(38)20-9-11-25-27(16-20)33-14-13-32-25/h5-14,16,18-19,28,34H,3-4,15,17H2,1-2H3,(H,36,38). The second-order valence-corrected chi connectivity index (χ2v) is 9.68. The minimum Gasteiger partial charge on any atom is -0.497 e. The number of carbonyl (C=O) groups excluding carboxylic acids is 1. The second-order valence-electron chi connectivity index (χ2n) is 9.68. The Balaban J connectivity index is 1.44. The predicted octanol–water partition coefficient (Wildman–Crippen LogP) is 5.98. The molecule has 2 N–H and O–H groups in total. The molecule has 0 bridgehead atoms. The third-order valence-electron chi connectivity index (χ3n) is 7.17. The summed E-state index contributed by atoms with van der Waals surface area (Å²) in [6.07, 6.45) is 7.92. The minimum atomic E-state index is -0.371. The number of H-pyrrole nitrogens is 1. The highest BCUT2D eigenvalue weighted by molar-refractivity contribution is 5.97. The molecular weight excluding hydrogens is 488 g/mol. The number of hydrogen-bond acceptors (Lipinski definition) is 5. The molecule has 3 aromatic carbocycles. The van der Waals surface area contributed by atoms with E-state index in [0.29, 0.717) is 17.5 Å². The highest BCUT2D eigenvalue weighted by Gasteiger charge is 2.25. The van der Waals surface area contributed by atoms with Crippen LogP contribution in [-0.4, -0.2) is 37.5 Å². The molecule has 0 aliphatic heterocycles. The summed E-state index contributed by atoms with van der Waals surface area (Å²) in [5.74, 6) is 1.42. The summed E-state index contributed by atoms with van der Waals surface area (Å²) in [5, 5.41) is 4.44. The van der Waals surface area contributed by atoms with Gasteiger partial charge in [0.1, 0.15) is 11.6 Å². The molecule has 8 nitrogen and oxygen atoms in total. The van der Waals surface area contributed by atoms with Gasteiger partial charge in [0.2, 0.25) is 0 Å². The number of amides is 1. The molecule has 0 saturated heterocycles. The minimum absolute atomic E-state index is 0.181. The van der Waals surface area contributed by atoms with Gasteiger partial charge >= 0.3 is 0 Å². The summed E-state index contributed by atoms with van der Waals surface area (Å²) in [5.41, 5.74) is 6.02. The number of rotatable bonds is 9. The zero-order valence-electron chi connectivity index (χ0n) is 22.0. The van der Waals surface area contributed by atoms with Crippen LogP contribution < -0.4 is 10.1 Å². The summed E-state index contributed by atoms with van der Waals surface area (Å²) in [7, 11) is 1.67. The van der Waals surface area contributed by atoms with Gasteiger partial charge in [-0.2, -0.15) is 0 Å². The van der Waals surface area contributed by atoms with E-state index in [2.05, 4.69) is 43.9 Å². The number of nitrogens with one attached hydrogen (secondary N) is 2. The van der Waals surface area contributed by atoms with Crippen molar-refractivity contribution in [2.75, 3.05) is 7.11 Å². The van der Waals surface area contributed by atoms with Crippen LogP contribution in [0.2, 0.25) is 0 Å². The van der Waals surface area contributed by atoms with Crippen LogP contribution in [0.3, 0.4) is 0 Å². The van der Waals surface area contributed by atoms with Gasteiger partial charge in [-0.25, -0.2) is 4.98 Å². The van der Waals surface area contributed by atoms with E-state index in [1.165, 1.54) is 0 Å². The fourth-order valence-corrected chi connectivity index (χ4v) is 5.14. The molecule has 0 radical (unpaired) electrons. The van der Waals surface area contributed by atoms with Crippen molar-refractivity contribution in [2.45, 2.75) is 38.8 Å². The number of aromatic amines is 1. The SMILES string of the molecule is CCCCn1c(C(Cc2c[nH]c3ccccc23)NC(=O)c2ccc3nccnc3c2)nc2ccc(OC)cc21. The number of aromatic nitrogens is 5. The van der Waals surface area contributed by atoms with E-state index in [9.17, 15) is 4.79 Å². The normalized spacial score (nSPS) is 12.3. The van der Waals surface area contributed by atoms with Crippen LogP contribution in [0.15, 0.2) is 79.3 Å². The van der Waals surface area contributed by atoms with E-state index in [1.54, 1.807) is 31.6 Å². The number of carbonyl (C=O) groups is 1. The molecule has 39 heavy (non-hydrogen) atoms. The molecule has 0 aliphatic rings. The number of fused-ring (bicyclic) bond motifs is 3. The number of nitrogens with zero attached hydrogens (tertiary/aromatic N) is 4. The molecule has 0 fully saturated rings. The van der Waals surface area contributed by atoms with Gasteiger partial charge in [-0.1, -0.05) is 31.5 Å². The highest BCUT2D eigenvalue weighted by Crippen LogP contribution is 2.29. The van der Waals surface area contributed by atoms with Crippen molar-refractivity contribution in [3.63, 3.8) is 0 Å². The van der Waals surface area contributed by atoms with Crippen molar-refractivity contribution in [3.05, 3.63) is 96.2 Å². The van der Waals surface area contributed by atoms with Gasteiger partial charge in [0.05, 0.1) is 35.2 Å². The first-order valence-electron chi connectivity index (χ1n) is 13.3. The Hall–Kier alpha value is -4.72. The zero-order valence-corrected chi connectivity index (χ0v) is 22.0. The first-order chi connectivity index (χ1) is 19.1. The van der Waals surface area contributed by atoms with Crippen LogP contribution in [0, 0.1) is 0 Å². The Morgan fingerprint density at radius 2 is 1.85 bits per heavy atom. The Morgan fingerprint density at radius 3 is 2.69 bits per heavy atom. The summed E-state index contributed by atoms with van der Waals surface area (Å²) < 4.78 is 7.75. The van der Waals surface area contributed by atoms with Crippen molar-refractivity contribution in [3.8, 4) is 5.75 Å². The number of hydrogen-bond donors (Lipinski definition) is 2. The zero-order chi connectivity index (χ0) is 26.8. The van der Waals surface area contributed by atoms with Gasteiger partial charge in [0.25, 0.3) is 5.91 Å². The van der Waals surface area contributed by atoms with Gasteiger partial charge in [-0.3, -0.25) is 14.8 Å². The molecular formula is C31H30N6O2. The van der Waals surface area contributed by atoms with Crippen LogP contribution in [0.4, 0.5) is 0 Å². The predicted molar refractivity (Wildman–Crippen MR) is 153 cm³/mol. The first kappa shape index (κ1) is 24.6. The molecule has 196 valence electrons. The fourth-order valence-electron chi connectivity index (χ4n) is 5.14. The van der Waals surface area contributed by atoms with Gasteiger partial charge in [-0.05, 0) is 48.4 Å². The number of aryl methyl sites for hydroxylation is 1. The summed E-state index contributed by atoms with van der Waals surface area (Å²) in [4.78, 5) is 30.8. The number of para-hydroxylation sites is 1. The number of benzene rings is 3. The summed E-state index contributed by atoms with van der Waals surface area (Å²) in [6, 6.07) is 19.2. The van der Waals surface area contributed by atoms with Gasteiger partial charge < -0.3 is 19.6 Å². The van der Waals surface area contributed by atoms with Crippen LogP contribution >= 0.6 is 0 Å². The van der Waals surface area contributed by atoms with E-state index in [0.717, 1.165) is 64.0 Å². The van der Waals surface area contributed by atoms with Crippen LogP contribution in [0.25, 0.3) is 33.0 Å². The molecule has 1 unspecified atom stereocenters. The molecule has 6 rings (SSSR count). The van der Waals surface area contributed by atoms with E-state index in [-0.39, 0.29) is 11.9 Å². The number of unbranched alkanes of at least 4 members (excludes halogenated alkanes) is 1. The lowest BCUT2D eigenvalue weighted by molar-refractivity contribution is 0.0934. The van der Waals surface area contributed by atoms with E-state index >= 15 is 0 Å². The molecule has 1 amide bonds. The van der Waals surface area contributed by atoms with Gasteiger partial charge in [0.15, 0.2) is 0 Å². The maximum absolute atomic E-state index is 13.7. The highest BCUT2D eigenvalue weighted by atomic mass is 16.5. The van der Waals surface area contributed by atoms with Crippen LogP contribution in [-0.2, 0) is 13.0 Å². The number of imidazole rings is 1. The Bertz CT molecular complexity index is 1790. The lowest BCUT2D eigenvalue weighted by Crippen LogP contribution is -2.32. The average molecular weight is 519 g/mol. The summed E-state index contributed by atoms with van der Waals surface area (Å²) in [6.45, 7) is 2.97. The molecule has 8 heteroatoms. The van der Waals surface area contributed by atoms with E-state index < -0.39 is 0 Å². The molecule has 1 atom stereocenters. The van der Waals surface area contributed by atoms with Crippen molar-refractivity contribution in [1.29, 1.82) is 0 Å². The maximum atomic E-state index is 13.7. The second kappa shape index (κ2) is 10.6. The molecule has 0 saturated carbocycles. The molecule has 3 heterocycles. The van der Waals surface area contributed by atoms with Crippen molar-refractivity contribution < 1.29 is 9.53 Å². The van der Waals surface area contributed by atoms with Crippen molar-refractivity contribution >= 4 is 38.9 Å². The first-order valence-corrected chi connectivity index (χ1v) is 13.3. The van der Waals surface area contributed by atoms with Crippen molar-refractivity contribution in [1.82, 2.24) is 29.8 Å². The third-order valence-corrected chi connectivity index (χ3v) is 7.17. The third kappa shape index (κ3) is 4.81. The number of ether oxygens (including phenoxy) is 1. The number of methoxy groups -OCH3 is 1. The van der Waals surface area contributed by atoms with Crippen LogP contribution in [0.5, 0.6) is 5.75 Å². The smallest absolute Gasteiger partial charge is 0.251 e. The topological polar surface area (TPSA) is 97.7 Å². The monoisotopic (exact) mass is 518 g/mol. The molecule has 3 aromatic heterocycles. The Morgan fingerprint density at radius 1 is 1.03 bits per heavy atom. The summed E-state index contributed by atoms with van der Waals surface area (Å²) >= 11 is 0. The molecule has 0 aliphatic carbocycles. The Kier molecular flexibility index (Phi) is 6.67. The van der Waals surface area contributed by atoms with Crippen LogP contribution in [0.1, 0.15) is 47.6 Å². The van der Waals surface area contributed by atoms with Crippen molar-refractivity contribution in [2.24, 2.45) is 0 Å². The lowest BCUT2D eigenvalue weighted by Gasteiger charge is -2.20. The largest absolute Gasteiger partial charge is 0.497 e. The Labute approximate surface area is 226 Å². The average Bonchev–Trinajstić information content (AvgIpc) is 3.56. The van der Waals surface area contributed by atoms with E-state index in [4.69, 9.17) is 9.72 Å². The van der Waals surface area contributed by atoms with Gasteiger partial charge in [0, 0.05) is 54.1 Å². The fraction of sp³-hybridized carbons (Fsp3) is 0.226.